The number of rotatable bonds is 3. The number of hydrogen-bond donors (Lipinski definition) is 1. The molecule has 1 aromatic carbocycles. The van der Waals surface area contributed by atoms with Crippen LogP contribution in [0.2, 0.25) is 0 Å². The van der Waals surface area contributed by atoms with E-state index in [0.717, 1.165) is 31.0 Å². The number of likely N-dealkylation sites (tertiary alicyclic amines) is 1. The third-order valence-electron chi connectivity index (χ3n) is 3.96. The second-order valence-corrected chi connectivity index (χ2v) is 5.41. The van der Waals surface area contributed by atoms with Crippen LogP contribution in [-0.2, 0) is 0 Å². The Morgan fingerprint density at radius 2 is 2.10 bits per heavy atom. The molecule has 21 heavy (non-hydrogen) atoms. The van der Waals surface area contributed by atoms with Gasteiger partial charge in [-0.05, 0) is 37.8 Å². The summed E-state index contributed by atoms with van der Waals surface area (Å²) in [5.74, 6) is -0.810. The summed E-state index contributed by atoms with van der Waals surface area (Å²) in [6.45, 7) is 2.90. The molecule has 114 valence electrons. The third kappa shape index (κ3) is 3.36. The smallest absolute Gasteiger partial charge is 0.282 e. The van der Waals surface area contributed by atoms with Crippen LogP contribution in [0.15, 0.2) is 18.2 Å². The molecule has 2 rings (SSSR count). The third-order valence-corrected chi connectivity index (χ3v) is 3.96. The summed E-state index contributed by atoms with van der Waals surface area (Å²) in [6, 6.07) is 3.00. The summed E-state index contributed by atoms with van der Waals surface area (Å²) in [5.41, 5.74) is 5.28. The highest BCUT2D eigenvalue weighted by molar-refractivity contribution is 5.98. The molecule has 1 aromatic rings. The van der Waals surface area contributed by atoms with E-state index in [1.54, 1.807) is 0 Å². The van der Waals surface area contributed by atoms with Gasteiger partial charge in [0.2, 0.25) is 0 Å². The van der Waals surface area contributed by atoms with Crippen LogP contribution in [0.1, 0.15) is 30.1 Å². The minimum Gasteiger partial charge on any atom is -0.338 e. The predicted molar refractivity (Wildman–Crippen MR) is 75.3 cm³/mol. The van der Waals surface area contributed by atoms with Crippen molar-refractivity contribution in [2.75, 3.05) is 13.1 Å². The van der Waals surface area contributed by atoms with Crippen molar-refractivity contribution in [2.24, 2.45) is 11.7 Å². The van der Waals surface area contributed by atoms with Gasteiger partial charge in [-0.25, -0.2) is 4.39 Å². The molecule has 2 N–H and O–H groups in total. The van der Waals surface area contributed by atoms with Crippen LogP contribution in [0.3, 0.4) is 0 Å². The van der Waals surface area contributed by atoms with Crippen LogP contribution >= 0.6 is 0 Å². The van der Waals surface area contributed by atoms with Gasteiger partial charge in [0, 0.05) is 25.2 Å². The normalized spacial score (nSPS) is 17.6. The van der Waals surface area contributed by atoms with Gasteiger partial charge in [0.05, 0.1) is 4.92 Å². The molecule has 1 unspecified atom stereocenters. The molecular weight excluding hydrogens is 277 g/mol. The fourth-order valence-corrected chi connectivity index (χ4v) is 2.64. The van der Waals surface area contributed by atoms with E-state index in [2.05, 4.69) is 0 Å². The number of carbonyl (C=O) groups is 1. The molecule has 1 heterocycles. The Balaban J connectivity index is 2.18. The second-order valence-electron chi connectivity index (χ2n) is 5.41. The first-order valence-electron chi connectivity index (χ1n) is 6.89. The number of nitrogens with zero attached hydrogens (tertiary/aromatic N) is 2. The lowest BCUT2D eigenvalue weighted by molar-refractivity contribution is -0.385. The lowest BCUT2D eigenvalue weighted by Crippen LogP contribution is -2.42. The molecule has 1 aliphatic rings. The van der Waals surface area contributed by atoms with Crippen molar-refractivity contribution in [3.8, 4) is 0 Å². The Morgan fingerprint density at radius 3 is 2.62 bits per heavy atom. The summed E-state index contributed by atoms with van der Waals surface area (Å²) in [4.78, 5) is 24.2. The van der Waals surface area contributed by atoms with E-state index >= 15 is 0 Å². The number of piperidine rings is 1. The number of hydrogen-bond acceptors (Lipinski definition) is 4. The molecule has 1 aliphatic heterocycles. The van der Waals surface area contributed by atoms with E-state index < -0.39 is 16.6 Å². The highest BCUT2D eigenvalue weighted by Gasteiger charge is 2.29. The lowest BCUT2D eigenvalue weighted by Gasteiger charge is -2.33. The van der Waals surface area contributed by atoms with Gasteiger partial charge in [0.15, 0.2) is 0 Å². The van der Waals surface area contributed by atoms with Crippen molar-refractivity contribution >= 4 is 11.6 Å². The first-order chi connectivity index (χ1) is 9.90. The van der Waals surface area contributed by atoms with E-state index in [0.29, 0.717) is 19.0 Å². The molecule has 0 spiro atoms. The van der Waals surface area contributed by atoms with Crippen LogP contribution in [0.25, 0.3) is 0 Å². The number of nitro groups is 1. The maximum Gasteiger partial charge on any atom is 0.282 e. The predicted octanol–water partition coefficient (Wildman–Crippen LogP) is 1.93. The Morgan fingerprint density at radius 1 is 1.48 bits per heavy atom. The molecule has 0 aromatic heterocycles. The summed E-state index contributed by atoms with van der Waals surface area (Å²) in [5, 5.41) is 11.0. The summed E-state index contributed by atoms with van der Waals surface area (Å²) in [6.07, 6.45) is 1.51. The minimum absolute atomic E-state index is 0.0609. The zero-order valence-corrected chi connectivity index (χ0v) is 11.8. The maximum atomic E-state index is 13.3. The number of nitrogens with two attached hydrogens (primary N) is 1. The number of carbonyl (C=O) groups excluding carboxylic acids is 1. The van der Waals surface area contributed by atoms with Gasteiger partial charge in [-0.15, -0.1) is 0 Å². The van der Waals surface area contributed by atoms with Gasteiger partial charge in [0.25, 0.3) is 11.6 Å². The van der Waals surface area contributed by atoms with E-state index in [1.165, 1.54) is 4.90 Å². The average molecular weight is 295 g/mol. The molecule has 0 bridgehead atoms. The molecule has 1 fully saturated rings. The number of nitro benzene ring substituents is 1. The summed E-state index contributed by atoms with van der Waals surface area (Å²) >= 11 is 0. The van der Waals surface area contributed by atoms with Gasteiger partial charge >= 0.3 is 0 Å². The topological polar surface area (TPSA) is 89.5 Å². The van der Waals surface area contributed by atoms with E-state index in [1.807, 2.05) is 6.92 Å². The molecule has 0 aliphatic carbocycles. The van der Waals surface area contributed by atoms with Gasteiger partial charge in [-0.1, -0.05) is 0 Å². The van der Waals surface area contributed by atoms with Gasteiger partial charge in [-0.2, -0.15) is 0 Å². The largest absolute Gasteiger partial charge is 0.338 e. The maximum absolute atomic E-state index is 13.3. The Bertz CT molecular complexity index is 554. The van der Waals surface area contributed by atoms with E-state index in [-0.39, 0.29) is 17.3 Å². The molecule has 1 amide bonds. The second kappa shape index (κ2) is 6.17. The molecule has 1 atom stereocenters. The van der Waals surface area contributed by atoms with Crippen molar-refractivity contribution in [1.82, 2.24) is 4.90 Å². The standard InChI is InChI=1S/C14H18FN3O3/c1-9(16)10-4-6-17(7-5-10)14(19)12-8-11(15)2-3-13(12)18(20)21/h2-3,8-10H,4-7,16H2,1H3. The van der Waals surface area contributed by atoms with Gasteiger partial charge in [-0.3, -0.25) is 14.9 Å². The Kier molecular flexibility index (Phi) is 4.52. The number of benzene rings is 1. The van der Waals surface area contributed by atoms with Crippen LogP contribution in [0, 0.1) is 21.8 Å². The van der Waals surface area contributed by atoms with Crippen LogP contribution in [0.4, 0.5) is 10.1 Å². The highest BCUT2D eigenvalue weighted by atomic mass is 19.1. The summed E-state index contributed by atoms with van der Waals surface area (Å²) in [7, 11) is 0. The number of halogens is 1. The highest BCUT2D eigenvalue weighted by Crippen LogP contribution is 2.25. The van der Waals surface area contributed by atoms with Crippen LogP contribution in [0.5, 0.6) is 0 Å². The molecule has 6 nitrogen and oxygen atoms in total. The zero-order chi connectivity index (χ0) is 15.6. The van der Waals surface area contributed by atoms with Crippen molar-refractivity contribution < 1.29 is 14.1 Å². The van der Waals surface area contributed by atoms with Crippen molar-refractivity contribution in [2.45, 2.75) is 25.8 Å². The first kappa shape index (κ1) is 15.4. The summed E-state index contributed by atoms with van der Waals surface area (Å²) < 4.78 is 13.3. The van der Waals surface area contributed by atoms with Gasteiger partial charge in [0.1, 0.15) is 11.4 Å². The van der Waals surface area contributed by atoms with Crippen LogP contribution < -0.4 is 5.73 Å². The van der Waals surface area contributed by atoms with Crippen LogP contribution in [-0.4, -0.2) is 34.9 Å². The Hall–Kier alpha value is -2.02. The van der Waals surface area contributed by atoms with Crippen molar-refractivity contribution in [1.29, 1.82) is 0 Å². The number of amides is 1. The molecule has 7 heteroatoms. The average Bonchev–Trinajstić information content (AvgIpc) is 2.46. The zero-order valence-electron chi connectivity index (χ0n) is 11.8. The SMILES string of the molecule is CC(N)C1CCN(C(=O)c2cc(F)ccc2[N+](=O)[O-])CC1. The van der Waals surface area contributed by atoms with E-state index in [4.69, 9.17) is 5.73 Å². The van der Waals surface area contributed by atoms with Crippen molar-refractivity contribution in [3.63, 3.8) is 0 Å². The molecule has 0 radical (unpaired) electrons. The fourth-order valence-electron chi connectivity index (χ4n) is 2.64. The monoisotopic (exact) mass is 295 g/mol. The first-order valence-corrected chi connectivity index (χ1v) is 6.89. The van der Waals surface area contributed by atoms with Gasteiger partial charge < -0.3 is 10.6 Å². The molecular formula is C14H18FN3O3. The quantitative estimate of drug-likeness (QED) is 0.681. The molecule has 1 saturated heterocycles. The van der Waals surface area contributed by atoms with E-state index in [9.17, 15) is 19.3 Å². The fraction of sp³-hybridized carbons (Fsp3) is 0.500. The minimum atomic E-state index is -0.665. The Labute approximate surface area is 121 Å². The van der Waals surface area contributed by atoms with Crippen molar-refractivity contribution in [3.05, 3.63) is 39.7 Å². The molecule has 0 saturated carbocycles. The lowest BCUT2D eigenvalue weighted by atomic mass is 9.90.